The average Bonchev–Trinajstić information content (AvgIpc) is 2.26. The molecule has 15 heavy (non-hydrogen) atoms. The van der Waals surface area contributed by atoms with Crippen LogP contribution in [0.4, 0.5) is 0 Å². The molecule has 0 saturated carbocycles. The molecule has 0 radical (unpaired) electrons. The van der Waals surface area contributed by atoms with E-state index in [2.05, 4.69) is 36.5 Å². The van der Waals surface area contributed by atoms with Gasteiger partial charge in [-0.25, -0.2) is 0 Å². The largest absolute Gasteiger partial charge is 0.383 e. The maximum absolute atomic E-state index is 5.72. The number of nitrogens with one attached hydrogen (secondary N) is 1. The minimum Gasteiger partial charge on any atom is -0.383 e. The van der Waals surface area contributed by atoms with E-state index in [0.29, 0.717) is 13.2 Å². The van der Waals surface area contributed by atoms with Crippen LogP contribution in [0.25, 0.3) is 0 Å². The lowest BCUT2D eigenvalue weighted by Crippen LogP contribution is -2.30. The Hall–Kier alpha value is -0.900. The number of hydrogen-bond acceptors (Lipinski definition) is 3. The topological polar surface area (TPSA) is 47.3 Å². The van der Waals surface area contributed by atoms with Crippen LogP contribution in [0.2, 0.25) is 0 Å². The van der Waals surface area contributed by atoms with Crippen molar-refractivity contribution in [3.63, 3.8) is 0 Å². The first-order valence-corrected chi connectivity index (χ1v) is 5.27. The second-order valence-electron chi connectivity index (χ2n) is 3.65. The Balaban J connectivity index is 2.53. The summed E-state index contributed by atoms with van der Waals surface area (Å²) in [5, 5.41) is 3.36. The lowest BCUT2D eigenvalue weighted by Gasteiger charge is -2.17. The van der Waals surface area contributed by atoms with Gasteiger partial charge >= 0.3 is 0 Å². The smallest absolute Gasteiger partial charge is 0.0587 e. The highest BCUT2D eigenvalue weighted by Crippen LogP contribution is 2.12. The van der Waals surface area contributed by atoms with E-state index in [9.17, 15) is 0 Å². The molecule has 0 fully saturated rings. The van der Waals surface area contributed by atoms with Gasteiger partial charge in [0.2, 0.25) is 0 Å². The zero-order valence-corrected chi connectivity index (χ0v) is 9.49. The zero-order chi connectivity index (χ0) is 11.1. The van der Waals surface area contributed by atoms with Gasteiger partial charge in [-0.1, -0.05) is 29.8 Å². The number of hydrogen-bond donors (Lipinski definition) is 2. The summed E-state index contributed by atoms with van der Waals surface area (Å²) in [5.74, 6) is 0. The Bertz CT molecular complexity index is 271. The van der Waals surface area contributed by atoms with Crippen LogP contribution in [0.15, 0.2) is 24.3 Å². The molecule has 0 aliphatic carbocycles. The molecule has 3 nitrogen and oxygen atoms in total. The van der Waals surface area contributed by atoms with Crippen molar-refractivity contribution < 1.29 is 4.74 Å². The van der Waals surface area contributed by atoms with Gasteiger partial charge in [0.15, 0.2) is 0 Å². The first-order chi connectivity index (χ1) is 7.27. The Kier molecular flexibility index (Phi) is 5.32. The summed E-state index contributed by atoms with van der Waals surface area (Å²) in [6, 6.07) is 8.67. The van der Waals surface area contributed by atoms with Gasteiger partial charge in [0.1, 0.15) is 0 Å². The fourth-order valence-electron chi connectivity index (χ4n) is 1.47. The van der Waals surface area contributed by atoms with Crippen molar-refractivity contribution in [2.45, 2.75) is 13.0 Å². The Morgan fingerprint density at radius 2 is 2.00 bits per heavy atom. The van der Waals surface area contributed by atoms with Gasteiger partial charge in [0, 0.05) is 26.2 Å². The van der Waals surface area contributed by atoms with E-state index >= 15 is 0 Å². The van der Waals surface area contributed by atoms with Crippen LogP contribution in [0, 0.1) is 6.92 Å². The van der Waals surface area contributed by atoms with E-state index in [0.717, 1.165) is 6.54 Å². The molecule has 1 aromatic rings. The maximum atomic E-state index is 5.72. The van der Waals surface area contributed by atoms with Gasteiger partial charge in [-0.15, -0.1) is 0 Å². The monoisotopic (exact) mass is 208 g/mol. The second kappa shape index (κ2) is 6.56. The van der Waals surface area contributed by atoms with E-state index in [1.807, 2.05) is 0 Å². The molecule has 0 aliphatic rings. The molecule has 0 aliphatic heterocycles. The van der Waals surface area contributed by atoms with Crippen molar-refractivity contribution in [2.75, 3.05) is 26.8 Å². The van der Waals surface area contributed by atoms with Crippen LogP contribution < -0.4 is 11.1 Å². The lowest BCUT2D eigenvalue weighted by molar-refractivity contribution is 0.196. The third-order valence-electron chi connectivity index (χ3n) is 2.41. The van der Waals surface area contributed by atoms with Crippen molar-refractivity contribution in [3.05, 3.63) is 35.4 Å². The quantitative estimate of drug-likeness (QED) is 0.691. The number of aryl methyl sites for hydroxylation is 1. The van der Waals surface area contributed by atoms with Crippen molar-refractivity contribution in [1.82, 2.24) is 5.32 Å². The SMILES string of the molecule is COCCNC(CN)c1ccc(C)cc1. The third kappa shape index (κ3) is 4.00. The van der Waals surface area contributed by atoms with Crippen molar-refractivity contribution >= 4 is 0 Å². The van der Waals surface area contributed by atoms with Gasteiger partial charge in [0.05, 0.1) is 6.61 Å². The summed E-state index contributed by atoms with van der Waals surface area (Å²) in [4.78, 5) is 0. The van der Waals surface area contributed by atoms with Gasteiger partial charge in [0.25, 0.3) is 0 Å². The van der Waals surface area contributed by atoms with Crippen molar-refractivity contribution in [2.24, 2.45) is 5.73 Å². The fraction of sp³-hybridized carbons (Fsp3) is 0.500. The summed E-state index contributed by atoms with van der Waals surface area (Å²) in [5.41, 5.74) is 8.23. The molecular formula is C12H20N2O. The van der Waals surface area contributed by atoms with Gasteiger partial charge in [-0.2, -0.15) is 0 Å². The average molecular weight is 208 g/mol. The third-order valence-corrected chi connectivity index (χ3v) is 2.41. The molecule has 3 heteroatoms. The van der Waals surface area contributed by atoms with E-state index in [1.54, 1.807) is 7.11 Å². The number of nitrogens with two attached hydrogens (primary N) is 1. The van der Waals surface area contributed by atoms with Crippen LogP contribution >= 0.6 is 0 Å². The minimum absolute atomic E-state index is 0.223. The first kappa shape index (κ1) is 12.2. The first-order valence-electron chi connectivity index (χ1n) is 5.27. The number of methoxy groups -OCH3 is 1. The summed E-state index contributed by atoms with van der Waals surface area (Å²) in [6.45, 7) is 4.22. The zero-order valence-electron chi connectivity index (χ0n) is 9.49. The second-order valence-corrected chi connectivity index (χ2v) is 3.65. The minimum atomic E-state index is 0.223. The van der Waals surface area contributed by atoms with E-state index in [-0.39, 0.29) is 6.04 Å². The Morgan fingerprint density at radius 3 is 2.53 bits per heavy atom. The predicted molar refractivity (Wildman–Crippen MR) is 62.9 cm³/mol. The predicted octanol–water partition coefficient (Wildman–Crippen LogP) is 1.23. The molecule has 1 rings (SSSR count). The molecule has 1 atom stereocenters. The summed E-state index contributed by atoms with van der Waals surface area (Å²) >= 11 is 0. The molecule has 0 aromatic heterocycles. The van der Waals surface area contributed by atoms with Crippen molar-refractivity contribution in [1.29, 1.82) is 0 Å². The van der Waals surface area contributed by atoms with Gasteiger partial charge < -0.3 is 15.8 Å². The lowest BCUT2D eigenvalue weighted by atomic mass is 10.1. The van der Waals surface area contributed by atoms with Crippen LogP contribution in [0.3, 0.4) is 0 Å². The summed E-state index contributed by atoms with van der Waals surface area (Å²) in [6.07, 6.45) is 0. The Labute approximate surface area is 91.6 Å². The standard InChI is InChI=1S/C12H20N2O/c1-10-3-5-11(6-4-10)12(9-13)14-7-8-15-2/h3-6,12,14H,7-9,13H2,1-2H3. The molecule has 0 amide bonds. The maximum Gasteiger partial charge on any atom is 0.0587 e. The van der Waals surface area contributed by atoms with E-state index < -0.39 is 0 Å². The van der Waals surface area contributed by atoms with Gasteiger partial charge in [-0.05, 0) is 12.5 Å². The van der Waals surface area contributed by atoms with E-state index in [1.165, 1.54) is 11.1 Å². The highest BCUT2D eigenvalue weighted by molar-refractivity contribution is 5.24. The molecule has 0 spiro atoms. The molecule has 1 unspecified atom stereocenters. The number of benzene rings is 1. The molecule has 84 valence electrons. The summed E-state index contributed by atoms with van der Waals surface area (Å²) in [7, 11) is 1.70. The highest BCUT2D eigenvalue weighted by atomic mass is 16.5. The van der Waals surface area contributed by atoms with Crippen LogP contribution in [-0.4, -0.2) is 26.8 Å². The molecule has 0 heterocycles. The van der Waals surface area contributed by atoms with Crippen molar-refractivity contribution in [3.8, 4) is 0 Å². The molecule has 1 aromatic carbocycles. The van der Waals surface area contributed by atoms with Crippen LogP contribution in [0.5, 0.6) is 0 Å². The Morgan fingerprint density at radius 1 is 1.33 bits per heavy atom. The normalized spacial score (nSPS) is 12.7. The van der Waals surface area contributed by atoms with Crippen LogP contribution in [0.1, 0.15) is 17.2 Å². The molecule has 0 saturated heterocycles. The number of ether oxygens (including phenoxy) is 1. The van der Waals surface area contributed by atoms with Gasteiger partial charge in [-0.3, -0.25) is 0 Å². The highest BCUT2D eigenvalue weighted by Gasteiger charge is 2.07. The van der Waals surface area contributed by atoms with E-state index in [4.69, 9.17) is 10.5 Å². The summed E-state index contributed by atoms with van der Waals surface area (Å²) < 4.78 is 4.99. The van der Waals surface area contributed by atoms with Crippen LogP contribution in [-0.2, 0) is 4.74 Å². The molecule has 0 bridgehead atoms. The molecule has 3 N–H and O–H groups in total. The fourth-order valence-corrected chi connectivity index (χ4v) is 1.47. The molecular weight excluding hydrogens is 188 g/mol. The number of rotatable bonds is 6.